The van der Waals surface area contributed by atoms with Crippen molar-refractivity contribution in [1.82, 2.24) is 34.5 Å². The van der Waals surface area contributed by atoms with Crippen molar-refractivity contribution in [2.45, 2.75) is 56.4 Å². The first kappa shape index (κ1) is 39.6. The standard InChI is InChI=1S/C43H48ClF2N11O4/c1-53-31-10-8-26(20-29(31)35-37(41(53)60)61-23-43(45,46)38(50-35)25-6-7-25)48-39-30(44)21-47-42(51-39)57-18-16-55(17-19-57)22-24-12-14-56(15-13-24)32-5-3-4-27-34(52-54(2)36(27)32)28-9-11-33(58)49-40(28)59/h3-5,8,10,20-21,24-25,28,38,50H,6-7,9,11-19,22-23H2,1-2H3,(H,47,48,51)(H,49,58,59)/t28?,38-/m0/s1. The summed E-state index contributed by atoms with van der Waals surface area (Å²) >= 11 is 6.63. The van der Waals surface area contributed by atoms with E-state index < -0.39 is 30.0 Å². The van der Waals surface area contributed by atoms with E-state index >= 15 is 8.78 Å². The maximum absolute atomic E-state index is 15.2. The maximum atomic E-state index is 15.2. The molecule has 3 saturated heterocycles. The molecule has 7 heterocycles. The second-order valence-corrected chi connectivity index (χ2v) is 17.6. The summed E-state index contributed by atoms with van der Waals surface area (Å²) in [6.45, 7) is 5.27. The third-order valence-corrected chi connectivity index (χ3v) is 13.4. The number of anilines is 5. The van der Waals surface area contributed by atoms with E-state index in [0.717, 1.165) is 80.9 Å². The van der Waals surface area contributed by atoms with Crippen LogP contribution in [0.4, 0.5) is 37.6 Å². The van der Waals surface area contributed by atoms with Gasteiger partial charge in [0.1, 0.15) is 5.02 Å². The van der Waals surface area contributed by atoms with Crippen LogP contribution in [0.5, 0.6) is 5.75 Å². The molecule has 1 aliphatic carbocycles. The lowest BCUT2D eigenvalue weighted by Gasteiger charge is -2.39. The quantitative estimate of drug-likeness (QED) is 0.172. The van der Waals surface area contributed by atoms with Crippen LogP contribution in [-0.2, 0) is 23.7 Å². The molecular formula is C43H48ClF2N11O4. The van der Waals surface area contributed by atoms with Crippen LogP contribution >= 0.6 is 11.6 Å². The fraction of sp³-hybridized carbons (Fsp3) is 0.488. The van der Waals surface area contributed by atoms with Crippen molar-refractivity contribution < 1.29 is 23.1 Å². The van der Waals surface area contributed by atoms with Crippen LogP contribution < -0.4 is 36.0 Å². The largest absolute Gasteiger partial charge is 0.480 e. The van der Waals surface area contributed by atoms with E-state index in [9.17, 15) is 14.4 Å². The Balaban J connectivity index is 0.777. The smallest absolute Gasteiger partial charge is 0.301 e. The fourth-order valence-corrected chi connectivity index (χ4v) is 9.82. The third kappa shape index (κ3) is 7.38. The first-order valence-electron chi connectivity index (χ1n) is 21.2. The molecule has 0 bridgehead atoms. The second-order valence-electron chi connectivity index (χ2n) is 17.2. The number of para-hydroxylation sites is 1. The highest BCUT2D eigenvalue weighted by Gasteiger charge is 2.51. The van der Waals surface area contributed by atoms with Gasteiger partial charge in [-0.2, -0.15) is 10.1 Å². The number of pyridine rings is 1. The highest BCUT2D eigenvalue weighted by atomic mass is 35.5. The number of piperidine rings is 2. The van der Waals surface area contributed by atoms with Gasteiger partial charge in [-0.25, -0.2) is 13.8 Å². The Bertz CT molecular complexity index is 2620. The zero-order chi connectivity index (χ0) is 42.2. The van der Waals surface area contributed by atoms with Crippen molar-refractivity contribution in [2.75, 3.05) is 72.9 Å². The van der Waals surface area contributed by atoms with Crippen LogP contribution in [0.15, 0.2) is 47.4 Å². The monoisotopic (exact) mass is 855 g/mol. The third-order valence-electron chi connectivity index (χ3n) is 13.2. The average Bonchev–Trinajstić information content (AvgIpc) is 4.05. The van der Waals surface area contributed by atoms with Crippen molar-refractivity contribution in [3.8, 4) is 5.75 Å². The lowest BCUT2D eigenvalue weighted by Crippen LogP contribution is -2.49. The lowest BCUT2D eigenvalue weighted by atomic mass is 9.92. The number of ether oxygens (including phenoxy) is 1. The predicted octanol–water partition coefficient (Wildman–Crippen LogP) is 5.39. The normalized spacial score (nSPS) is 22.4. The SMILES string of the molecule is Cn1nc(C2CCC(=O)NC2=O)c2cccc(N3CCC(CN4CCN(c5ncc(Cl)c(Nc6ccc7c(c6)c6c(c(=O)n7C)OCC(F)(F)[C@H](C7CC7)N6)n5)CC4)CC3)c21. The van der Waals surface area contributed by atoms with Crippen LogP contribution in [0, 0.1) is 11.8 Å². The molecular weight excluding hydrogens is 808 g/mol. The molecule has 0 radical (unpaired) electrons. The summed E-state index contributed by atoms with van der Waals surface area (Å²) in [5.74, 6) is -2.82. The molecule has 2 amide bonds. The molecule has 3 aromatic heterocycles. The Labute approximate surface area is 355 Å². The number of hydrogen-bond donors (Lipinski definition) is 3. The number of fused-ring (bicyclic) bond motifs is 4. The molecule has 4 fully saturated rings. The predicted molar refractivity (Wildman–Crippen MR) is 230 cm³/mol. The summed E-state index contributed by atoms with van der Waals surface area (Å²) in [6, 6.07) is 10.5. The maximum Gasteiger partial charge on any atom is 0.301 e. The van der Waals surface area contributed by atoms with Crippen molar-refractivity contribution in [3.63, 3.8) is 0 Å². The van der Waals surface area contributed by atoms with Crippen molar-refractivity contribution in [1.29, 1.82) is 0 Å². The average molecular weight is 856 g/mol. The molecule has 1 unspecified atom stereocenters. The van der Waals surface area contributed by atoms with Gasteiger partial charge < -0.3 is 29.7 Å². The van der Waals surface area contributed by atoms with Crippen LogP contribution in [0.2, 0.25) is 5.02 Å². The number of nitrogens with zero attached hydrogens (tertiary/aromatic N) is 8. The van der Waals surface area contributed by atoms with Gasteiger partial charge in [-0.15, -0.1) is 0 Å². The molecule has 2 aromatic carbocycles. The Hall–Kier alpha value is -5.55. The number of benzene rings is 2. The molecule has 0 spiro atoms. The van der Waals surface area contributed by atoms with E-state index in [2.05, 4.69) is 41.7 Å². The van der Waals surface area contributed by atoms with E-state index in [1.807, 2.05) is 23.9 Å². The number of hydrogen-bond acceptors (Lipinski definition) is 12. The molecule has 1 saturated carbocycles. The van der Waals surface area contributed by atoms with Gasteiger partial charge in [0, 0.05) is 82.8 Å². The number of nitrogens with one attached hydrogen (secondary N) is 3. The van der Waals surface area contributed by atoms with Crippen molar-refractivity contribution in [2.24, 2.45) is 25.9 Å². The second kappa shape index (κ2) is 15.4. The summed E-state index contributed by atoms with van der Waals surface area (Å²) in [7, 11) is 3.53. The zero-order valence-corrected chi connectivity index (χ0v) is 34.9. The highest BCUT2D eigenvalue weighted by molar-refractivity contribution is 6.33. The molecule has 61 heavy (non-hydrogen) atoms. The number of carbonyl (C=O) groups excluding carboxylic acids is 2. The Morgan fingerprint density at radius 2 is 1.74 bits per heavy atom. The summed E-state index contributed by atoms with van der Waals surface area (Å²) < 4.78 is 39.1. The number of piperazine rings is 1. The number of aromatic nitrogens is 5. The number of amides is 2. The summed E-state index contributed by atoms with van der Waals surface area (Å²) in [6.07, 6.45) is 5.90. The fourth-order valence-electron chi connectivity index (χ4n) is 9.68. The van der Waals surface area contributed by atoms with E-state index in [1.165, 1.54) is 4.57 Å². The summed E-state index contributed by atoms with van der Waals surface area (Å²) in [4.78, 5) is 54.2. The topological polar surface area (TPSA) is 155 Å². The molecule has 15 nitrogen and oxygen atoms in total. The Morgan fingerprint density at radius 1 is 0.951 bits per heavy atom. The minimum atomic E-state index is -3.13. The molecule has 5 aromatic rings. The number of imide groups is 1. The molecule has 10 rings (SSSR count). The van der Waals surface area contributed by atoms with Crippen LogP contribution in [0.3, 0.4) is 0 Å². The zero-order valence-electron chi connectivity index (χ0n) is 34.1. The van der Waals surface area contributed by atoms with Crippen LogP contribution in [0.1, 0.15) is 50.1 Å². The Morgan fingerprint density at radius 3 is 2.49 bits per heavy atom. The molecule has 5 aliphatic rings. The first-order valence-corrected chi connectivity index (χ1v) is 21.5. The van der Waals surface area contributed by atoms with E-state index in [4.69, 9.17) is 26.4 Å². The van der Waals surface area contributed by atoms with Gasteiger partial charge in [-0.3, -0.25) is 29.3 Å². The summed E-state index contributed by atoms with van der Waals surface area (Å²) in [5.41, 5.74) is 3.87. The van der Waals surface area contributed by atoms with Gasteiger partial charge in [0.15, 0.2) is 12.4 Å². The molecule has 320 valence electrons. The van der Waals surface area contributed by atoms with Gasteiger partial charge in [0.2, 0.25) is 23.5 Å². The number of alkyl halides is 2. The van der Waals surface area contributed by atoms with E-state index in [0.29, 0.717) is 65.0 Å². The van der Waals surface area contributed by atoms with Crippen molar-refractivity contribution >= 4 is 74.0 Å². The highest BCUT2D eigenvalue weighted by Crippen LogP contribution is 2.46. The molecule has 3 N–H and O–H groups in total. The van der Waals surface area contributed by atoms with Gasteiger partial charge in [-0.1, -0.05) is 23.7 Å². The molecule has 18 heteroatoms. The van der Waals surface area contributed by atoms with Crippen LogP contribution in [0.25, 0.3) is 21.8 Å². The van der Waals surface area contributed by atoms with E-state index in [-0.39, 0.29) is 29.2 Å². The van der Waals surface area contributed by atoms with Gasteiger partial charge in [0.25, 0.3) is 5.56 Å². The number of aryl methyl sites for hydroxylation is 2. The number of halogens is 3. The number of rotatable bonds is 8. The van der Waals surface area contributed by atoms with Crippen LogP contribution in [-0.4, -0.2) is 105 Å². The Kier molecular flexibility index (Phi) is 10.0. The summed E-state index contributed by atoms with van der Waals surface area (Å²) in [5, 5.41) is 15.5. The van der Waals surface area contributed by atoms with Gasteiger partial charge >= 0.3 is 5.92 Å². The van der Waals surface area contributed by atoms with Crippen molar-refractivity contribution in [3.05, 3.63) is 63.7 Å². The molecule has 2 atom stereocenters. The van der Waals surface area contributed by atoms with Gasteiger partial charge in [-0.05, 0) is 68.2 Å². The van der Waals surface area contributed by atoms with E-state index in [1.54, 1.807) is 31.4 Å². The first-order chi connectivity index (χ1) is 29.4. The minimum Gasteiger partial charge on any atom is -0.480 e. The number of carbonyl (C=O) groups is 2. The van der Waals surface area contributed by atoms with Gasteiger partial charge in [0.05, 0.1) is 46.3 Å². The minimum absolute atomic E-state index is 0.107. The lowest BCUT2D eigenvalue weighted by molar-refractivity contribution is -0.134. The molecule has 4 aliphatic heterocycles.